The second-order valence-electron chi connectivity index (χ2n) is 5.10. The maximum Gasteiger partial charge on any atom is 0.301 e. The molecule has 0 aliphatic heterocycles. The summed E-state index contributed by atoms with van der Waals surface area (Å²) in [5.74, 6) is 0. The third-order valence-corrected chi connectivity index (χ3v) is 3.48. The van der Waals surface area contributed by atoms with Crippen molar-refractivity contribution in [2.24, 2.45) is 0 Å². The third-order valence-electron chi connectivity index (χ3n) is 3.48. The molecule has 0 fully saturated rings. The Balaban J connectivity index is 0.000000271. The van der Waals surface area contributed by atoms with Crippen LogP contribution in [0.2, 0.25) is 0 Å². The lowest BCUT2D eigenvalue weighted by Crippen LogP contribution is -2.01. The molecular formula is C14H13N5O8. The molecule has 0 saturated carbocycles. The summed E-state index contributed by atoms with van der Waals surface area (Å²) in [6.45, 7) is 2.66. The molecule has 0 radical (unpaired) electrons. The first-order valence-corrected chi connectivity index (χ1v) is 7.05. The number of nitro groups is 4. The number of rotatable bonds is 4. The second kappa shape index (κ2) is 8.28. The first-order chi connectivity index (χ1) is 12.5. The van der Waals surface area contributed by atoms with Crippen LogP contribution in [0.4, 0.5) is 28.4 Å². The lowest BCUT2D eigenvalue weighted by molar-refractivity contribution is -0.395. The van der Waals surface area contributed by atoms with Crippen molar-refractivity contribution < 1.29 is 19.7 Å². The molecule has 0 aliphatic carbocycles. The first kappa shape index (κ1) is 20.9. The van der Waals surface area contributed by atoms with Gasteiger partial charge in [-0.15, -0.1) is 0 Å². The SMILES string of the molecule is Cc1c([N+](=O)[O-])ccc(N)c1[N+](=O)[O-].Cc1c([N+](=O)[O-])cccc1[N+](=O)[O-]. The molecule has 0 saturated heterocycles. The smallest absolute Gasteiger partial charge is 0.301 e. The van der Waals surface area contributed by atoms with Crippen LogP contribution in [0.1, 0.15) is 11.1 Å². The Hall–Kier alpha value is -4.16. The quantitative estimate of drug-likeness (QED) is 0.470. The number of hydrogen-bond donors (Lipinski definition) is 1. The van der Waals surface area contributed by atoms with Crippen molar-refractivity contribution in [3.05, 3.63) is 81.9 Å². The molecule has 27 heavy (non-hydrogen) atoms. The molecule has 0 aliphatic rings. The first-order valence-electron chi connectivity index (χ1n) is 7.05. The van der Waals surface area contributed by atoms with Gasteiger partial charge in [-0.3, -0.25) is 40.5 Å². The molecule has 0 bridgehead atoms. The fourth-order valence-corrected chi connectivity index (χ4v) is 2.16. The van der Waals surface area contributed by atoms with Crippen molar-refractivity contribution in [1.29, 1.82) is 0 Å². The van der Waals surface area contributed by atoms with Gasteiger partial charge in [0.15, 0.2) is 0 Å². The van der Waals surface area contributed by atoms with Crippen LogP contribution in [-0.4, -0.2) is 19.7 Å². The fraction of sp³-hybridized carbons (Fsp3) is 0.143. The van der Waals surface area contributed by atoms with Crippen LogP contribution < -0.4 is 5.73 Å². The highest BCUT2D eigenvalue weighted by Crippen LogP contribution is 2.32. The summed E-state index contributed by atoms with van der Waals surface area (Å²) < 4.78 is 0. The summed E-state index contributed by atoms with van der Waals surface area (Å²) in [6.07, 6.45) is 0. The number of anilines is 1. The minimum Gasteiger partial charge on any atom is -0.393 e. The molecule has 13 nitrogen and oxygen atoms in total. The summed E-state index contributed by atoms with van der Waals surface area (Å²) in [7, 11) is 0. The van der Waals surface area contributed by atoms with Crippen LogP contribution in [0, 0.1) is 54.3 Å². The van der Waals surface area contributed by atoms with E-state index in [-0.39, 0.29) is 33.9 Å². The van der Waals surface area contributed by atoms with Crippen molar-refractivity contribution in [3.63, 3.8) is 0 Å². The van der Waals surface area contributed by atoms with Crippen molar-refractivity contribution >= 4 is 28.4 Å². The fourth-order valence-electron chi connectivity index (χ4n) is 2.16. The van der Waals surface area contributed by atoms with Crippen LogP contribution in [0.5, 0.6) is 0 Å². The molecule has 0 spiro atoms. The van der Waals surface area contributed by atoms with Gasteiger partial charge in [-0.25, -0.2) is 0 Å². The van der Waals surface area contributed by atoms with E-state index in [2.05, 4.69) is 0 Å². The summed E-state index contributed by atoms with van der Waals surface area (Å²) in [5, 5.41) is 41.7. The van der Waals surface area contributed by atoms with Gasteiger partial charge in [0.1, 0.15) is 16.8 Å². The zero-order valence-corrected chi connectivity index (χ0v) is 14.0. The number of hydrogen-bond acceptors (Lipinski definition) is 9. The largest absolute Gasteiger partial charge is 0.393 e. The van der Waals surface area contributed by atoms with Gasteiger partial charge in [0.2, 0.25) is 0 Å². The van der Waals surface area contributed by atoms with E-state index < -0.39 is 25.4 Å². The number of nitrogen functional groups attached to an aromatic ring is 1. The van der Waals surface area contributed by atoms with Crippen molar-refractivity contribution in [2.75, 3.05) is 5.73 Å². The van der Waals surface area contributed by atoms with Gasteiger partial charge < -0.3 is 5.73 Å². The van der Waals surface area contributed by atoms with Crippen LogP contribution in [0.15, 0.2) is 30.3 Å². The van der Waals surface area contributed by atoms with Crippen LogP contribution in [-0.2, 0) is 0 Å². The zero-order valence-electron chi connectivity index (χ0n) is 14.0. The normalized spacial score (nSPS) is 9.70. The number of nitro benzene ring substituents is 4. The van der Waals surface area contributed by atoms with Crippen molar-refractivity contribution in [1.82, 2.24) is 0 Å². The molecule has 2 aromatic carbocycles. The Morgan fingerprint density at radius 1 is 0.667 bits per heavy atom. The van der Waals surface area contributed by atoms with Crippen LogP contribution >= 0.6 is 0 Å². The Labute approximate surface area is 150 Å². The van der Waals surface area contributed by atoms with Gasteiger partial charge in [0.05, 0.1) is 19.7 Å². The van der Waals surface area contributed by atoms with Gasteiger partial charge in [-0.2, -0.15) is 0 Å². The third kappa shape index (κ3) is 4.68. The van der Waals surface area contributed by atoms with E-state index in [0.29, 0.717) is 0 Å². The molecule has 2 N–H and O–H groups in total. The molecule has 2 aromatic rings. The molecule has 0 atom stereocenters. The average molecular weight is 379 g/mol. The Kier molecular flexibility index (Phi) is 6.41. The molecule has 0 heterocycles. The van der Waals surface area contributed by atoms with Crippen molar-refractivity contribution in [3.8, 4) is 0 Å². The maximum atomic E-state index is 10.5. The summed E-state index contributed by atoms with van der Waals surface area (Å²) in [6, 6.07) is 6.08. The lowest BCUT2D eigenvalue weighted by Gasteiger charge is -2.00. The highest BCUT2D eigenvalue weighted by atomic mass is 16.6. The number of benzene rings is 2. The predicted octanol–water partition coefficient (Wildman–Crippen LogP) is 3.21. The highest BCUT2D eigenvalue weighted by molar-refractivity contribution is 5.68. The topological polar surface area (TPSA) is 199 Å². The van der Waals surface area contributed by atoms with Crippen LogP contribution in [0.3, 0.4) is 0 Å². The molecule has 142 valence electrons. The molecule has 0 unspecified atom stereocenters. The van der Waals surface area contributed by atoms with E-state index in [1.54, 1.807) is 0 Å². The monoisotopic (exact) mass is 379 g/mol. The van der Waals surface area contributed by atoms with E-state index in [1.165, 1.54) is 32.0 Å². The van der Waals surface area contributed by atoms with Gasteiger partial charge >= 0.3 is 5.69 Å². The zero-order chi connectivity index (χ0) is 20.9. The number of nitrogens with zero attached hydrogens (tertiary/aromatic N) is 4. The van der Waals surface area contributed by atoms with E-state index >= 15 is 0 Å². The maximum absolute atomic E-state index is 10.5. The van der Waals surface area contributed by atoms with Gasteiger partial charge in [0.25, 0.3) is 17.1 Å². The van der Waals surface area contributed by atoms with E-state index in [1.807, 2.05) is 0 Å². The Morgan fingerprint density at radius 2 is 1.07 bits per heavy atom. The van der Waals surface area contributed by atoms with E-state index in [0.717, 1.165) is 12.1 Å². The van der Waals surface area contributed by atoms with Crippen LogP contribution in [0.25, 0.3) is 0 Å². The molecule has 0 aromatic heterocycles. The number of nitrogens with two attached hydrogens (primary N) is 1. The minimum absolute atomic E-state index is 0.0278. The van der Waals surface area contributed by atoms with Gasteiger partial charge in [0, 0.05) is 18.2 Å². The predicted molar refractivity (Wildman–Crippen MR) is 93.4 cm³/mol. The second-order valence-corrected chi connectivity index (χ2v) is 5.10. The van der Waals surface area contributed by atoms with E-state index in [9.17, 15) is 40.5 Å². The summed E-state index contributed by atoms with van der Waals surface area (Å²) in [4.78, 5) is 39.1. The minimum atomic E-state index is -0.725. The van der Waals surface area contributed by atoms with Gasteiger partial charge in [-0.1, -0.05) is 0 Å². The van der Waals surface area contributed by atoms with Gasteiger partial charge in [-0.05, 0) is 26.0 Å². The molecule has 2 rings (SSSR count). The highest BCUT2D eigenvalue weighted by Gasteiger charge is 2.24. The van der Waals surface area contributed by atoms with Crippen molar-refractivity contribution in [2.45, 2.75) is 13.8 Å². The summed E-state index contributed by atoms with van der Waals surface area (Å²) in [5.41, 5.74) is 4.15. The average Bonchev–Trinajstić information content (AvgIpc) is 2.54. The van der Waals surface area contributed by atoms with E-state index in [4.69, 9.17) is 5.73 Å². The Bertz CT molecular complexity index is 911. The Morgan fingerprint density at radius 3 is 1.44 bits per heavy atom. The summed E-state index contributed by atoms with van der Waals surface area (Å²) >= 11 is 0. The standard InChI is InChI=1S/C7H7N3O4.C7H6N2O4/c1-4-6(9(11)12)3-2-5(8)7(4)10(13)14;1-5-6(8(10)11)3-2-4-7(5)9(12)13/h2-3H,8H2,1H3;2-4H,1H3. The molecule has 0 amide bonds. The lowest BCUT2D eigenvalue weighted by atomic mass is 10.1. The molecule has 13 heteroatoms. The molecular weight excluding hydrogens is 366 g/mol.